The lowest BCUT2D eigenvalue weighted by atomic mass is 9.92. The molecular weight excluding hydrogens is 216 g/mol. The van der Waals surface area contributed by atoms with Gasteiger partial charge in [-0.1, -0.05) is 18.2 Å². The van der Waals surface area contributed by atoms with Crippen molar-refractivity contribution in [3.63, 3.8) is 0 Å². The number of amides is 1. The molecule has 1 aliphatic rings. The van der Waals surface area contributed by atoms with Crippen molar-refractivity contribution in [1.29, 1.82) is 0 Å². The molecule has 4 nitrogen and oxygen atoms in total. The predicted molar refractivity (Wildman–Crippen MR) is 65.6 cm³/mol. The highest BCUT2D eigenvalue weighted by Gasteiger charge is 2.27. The number of carbonyl (C=O) groups excluding carboxylic acids is 1. The summed E-state index contributed by atoms with van der Waals surface area (Å²) in [5, 5.41) is 3.27. The fourth-order valence-corrected chi connectivity index (χ4v) is 2.19. The molecule has 1 heterocycles. The van der Waals surface area contributed by atoms with Crippen molar-refractivity contribution >= 4 is 5.91 Å². The van der Waals surface area contributed by atoms with E-state index in [0.29, 0.717) is 6.42 Å². The average Bonchev–Trinajstić information content (AvgIpc) is 2.32. The van der Waals surface area contributed by atoms with E-state index in [4.69, 9.17) is 10.5 Å². The van der Waals surface area contributed by atoms with Crippen LogP contribution in [0.15, 0.2) is 30.3 Å². The molecule has 1 aromatic rings. The smallest absolute Gasteiger partial charge is 0.217 e. The van der Waals surface area contributed by atoms with Crippen LogP contribution in [0.4, 0.5) is 0 Å². The number of para-hydroxylation sites is 1. The van der Waals surface area contributed by atoms with Crippen LogP contribution in [0.5, 0.6) is 5.75 Å². The molecule has 2 rings (SSSR count). The maximum Gasteiger partial charge on any atom is 0.217 e. The number of hydrogen-bond donors (Lipinski definition) is 2. The summed E-state index contributed by atoms with van der Waals surface area (Å²) in [7, 11) is 0. The molecule has 0 unspecified atom stereocenters. The second kappa shape index (κ2) is 5.68. The lowest BCUT2D eigenvalue weighted by molar-refractivity contribution is -0.119. The van der Waals surface area contributed by atoms with Crippen molar-refractivity contribution in [2.24, 2.45) is 11.7 Å². The van der Waals surface area contributed by atoms with Crippen LogP contribution in [-0.4, -0.2) is 25.1 Å². The van der Waals surface area contributed by atoms with E-state index in [-0.39, 0.29) is 17.9 Å². The van der Waals surface area contributed by atoms with Crippen LogP contribution in [0, 0.1) is 5.92 Å². The van der Waals surface area contributed by atoms with Gasteiger partial charge in [0, 0.05) is 18.9 Å². The molecule has 0 radical (unpaired) electrons. The Kier molecular flexibility index (Phi) is 3.98. The molecule has 0 aromatic heterocycles. The summed E-state index contributed by atoms with van der Waals surface area (Å²) in [4.78, 5) is 11.0. The fourth-order valence-electron chi connectivity index (χ4n) is 2.19. The molecule has 17 heavy (non-hydrogen) atoms. The van der Waals surface area contributed by atoms with E-state index >= 15 is 0 Å². The zero-order valence-electron chi connectivity index (χ0n) is 9.76. The Morgan fingerprint density at radius 2 is 2.18 bits per heavy atom. The Morgan fingerprint density at radius 3 is 2.88 bits per heavy atom. The number of primary amides is 1. The van der Waals surface area contributed by atoms with Crippen molar-refractivity contribution in [2.75, 3.05) is 13.1 Å². The number of benzene rings is 1. The Morgan fingerprint density at radius 1 is 1.41 bits per heavy atom. The number of nitrogens with one attached hydrogen (secondary N) is 1. The first-order chi connectivity index (χ1) is 8.25. The van der Waals surface area contributed by atoms with Crippen LogP contribution in [-0.2, 0) is 4.79 Å². The van der Waals surface area contributed by atoms with Gasteiger partial charge in [-0.2, -0.15) is 0 Å². The molecule has 4 heteroatoms. The third-order valence-corrected chi connectivity index (χ3v) is 3.03. The lowest BCUT2D eigenvalue weighted by Crippen LogP contribution is -2.44. The molecule has 1 fully saturated rings. The van der Waals surface area contributed by atoms with Crippen molar-refractivity contribution in [3.05, 3.63) is 30.3 Å². The summed E-state index contributed by atoms with van der Waals surface area (Å²) < 4.78 is 5.92. The first kappa shape index (κ1) is 11.9. The van der Waals surface area contributed by atoms with Crippen molar-refractivity contribution < 1.29 is 9.53 Å². The molecule has 92 valence electrons. The van der Waals surface area contributed by atoms with Gasteiger partial charge in [0.05, 0.1) is 0 Å². The van der Waals surface area contributed by atoms with Crippen LogP contribution >= 0.6 is 0 Å². The minimum Gasteiger partial charge on any atom is -0.490 e. The topological polar surface area (TPSA) is 64.4 Å². The highest BCUT2D eigenvalue weighted by atomic mass is 16.5. The van der Waals surface area contributed by atoms with E-state index < -0.39 is 0 Å². The monoisotopic (exact) mass is 234 g/mol. The van der Waals surface area contributed by atoms with E-state index in [2.05, 4.69) is 5.32 Å². The van der Waals surface area contributed by atoms with E-state index in [0.717, 1.165) is 25.3 Å². The third kappa shape index (κ3) is 3.46. The quantitative estimate of drug-likeness (QED) is 0.814. The SMILES string of the molecule is NC(=O)C[C@H]1CNCC[C@@H]1Oc1ccccc1. The standard InChI is InChI=1S/C13H18N2O2/c14-13(16)8-10-9-15-7-6-12(10)17-11-4-2-1-3-5-11/h1-5,10,12,15H,6-9H2,(H2,14,16)/t10-,12-/m0/s1. The van der Waals surface area contributed by atoms with Gasteiger partial charge < -0.3 is 15.8 Å². The maximum atomic E-state index is 11.0. The zero-order valence-corrected chi connectivity index (χ0v) is 9.76. The second-order valence-electron chi connectivity index (χ2n) is 4.39. The molecule has 0 saturated carbocycles. The summed E-state index contributed by atoms with van der Waals surface area (Å²) >= 11 is 0. The maximum absolute atomic E-state index is 11.0. The van der Waals surface area contributed by atoms with Crippen LogP contribution in [0.3, 0.4) is 0 Å². The molecule has 1 saturated heterocycles. The molecule has 0 spiro atoms. The van der Waals surface area contributed by atoms with Crippen LogP contribution in [0.1, 0.15) is 12.8 Å². The normalized spacial score (nSPS) is 24.2. The van der Waals surface area contributed by atoms with Crippen LogP contribution < -0.4 is 15.8 Å². The van der Waals surface area contributed by atoms with Gasteiger partial charge in [-0.25, -0.2) is 0 Å². The van der Waals surface area contributed by atoms with E-state index in [1.165, 1.54) is 0 Å². The van der Waals surface area contributed by atoms with Gasteiger partial charge in [-0.3, -0.25) is 4.79 Å². The van der Waals surface area contributed by atoms with Crippen LogP contribution in [0.25, 0.3) is 0 Å². The van der Waals surface area contributed by atoms with Crippen molar-refractivity contribution in [1.82, 2.24) is 5.32 Å². The highest BCUT2D eigenvalue weighted by Crippen LogP contribution is 2.21. The van der Waals surface area contributed by atoms with E-state index in [1.54, 1.807) is 0 Å². The molecule has 1 aromatic carbocycles. The number of ether oxygens (including phenoxy) is 1. The Bertz CT molecular complexity index is 367. The minimum absolute atomic E-state index is 0.0751. The average molecular weight is 234 g/mol. The number of rotatable bonds is 4. The lowest BCUT2D eigenvalue weighted by Gasteiger charge is -2.31. The minimum atomic E-state index is -0.264. The van der Waals surface area contributed by atoms with E-state index in [9.17, 15) is 4.79 Å². The molecule has 0 bridgehead atoms. The number of hydrogen-bond acceptors (Lipinski definition) is 3. The van der Waals surface area contributed by atoms with Crippen molar-refractivity contribution in [2.45, 2.75) is 18.9 Å². The first-order valence-corrected chi connectivity index (χ1v) is 5.96. The molecule has 0 aliphatic carbocycles. The largest absolute Gasteiger partial charge is 0.490 e. The Balaban J connectivity index is 1.99. The van der Waals surface area contributed by atoms with Crippen molar-refractivity contribution in [3.8, 4) is 5.75 Å². The van der Waals surface area contributed by atoms with Gasteiger partial charge in [-0.15, -0.1) is 0 Å². The fraction of sp³-hybridized carbons (Fsp3) is 0.462. The summed E-state index contributed by atoms with van der Waals surface area (Å²) in [5.74, 6) is 0.760. The van der Waals surface area contributed by atoms with Gasteiger partial charge in [0.1, 0.15) is 11.9 Å². The molecule has 2 atom stereocenters. The number of piperidine rings is 1. The van der Waals surface area contributed by atoms with Gasteiger partial charge in [0.2, 0.25) is 5.91 Å². The molecule has 1 aliphatic heterocycles. The van der Waals surface area contributed by atoms with Gasteiger partial charge in [-0.05, 0) is 25.1 Å². The Labute approximate surface area is 101 Å². The second-order valence-corrected chi connectivity index (χ2v) is 4.39. The third-order valence-electron chi connectivity index (χ3n) is 3.03. The highest BCUT2D eigenvalue weighted by molar-refractivity contribution is 5.74. The summed E-state index contributed by atoms with van der Waals surface area (Å²) in [6.45, 7) is 1.72. The number of carbonyl (C=O) groups is 1. The van der Waals surface area contributed by atoms with Gasteiger partial charge >= 0.3 is 0 Å². The summed E-state index contributed by atoms with van der Waals surface area (Å²) in [6, 6.07) is 9.71. The summed E-state index contributed by atoms with van der Waals surface area (Å²) in [6.07, 6.45) is 1.36. The van der Waals surface area contributed by atoms with Gasteiger partial charge in [0.25, 0.3) is 0 Å². The van der Waals surface area contributed by atoms with Crippen LogP contribution in [0.2, 0.25) is 0 Å². The molecule has 3 N–H and O–H groups in total. The molecule has 1 amide bonds. The zero-order chi connectivity index (χ0) is 12.1. The number of nitrogens with two attached hydrogens (primary N) is 1. The predicted octanol–water partition coefficient (Wildman–Crippen LogP) is 0.919. The summed E-state index contributed by atoms with van der Waals surface area (Å²) in [5.41, 5.74) is 5.26. The first-order valence-electron chi connectivity index (χ1n) is 5.96. The van der Waals surface area contributed by atoms with E-state index in [1.807, 2.05) is 30.3 Å². The molecular formula is C13H18N2O2. The van der Waals surface area contributed by atoms with Gasteiger partial charge in [0.15, 0.2) is 0 Å². The Hall–Kier alpha value is -1.55.